The van der Waals surface area contributed by atoms with Gasteiger partial charge in [-0.3, -0.25) is 4.99 Å². The molecule has 1 heterocycles. The quantitative estimate of drug-likeness (QED) is 0.587. The molecule has 0 saturated heterocycles. The highest BCUT2D eigenvalue weighted by molar-refractivity contribution is 8.01. The summed E-state index contributed by atoms with van der Waals surface area (Å²) < 4.78 is 0. The summed E-state index contributed by atoms with van der Waals surface area (Å²) in [6, 6.07) is 0. The van der Waals surface area contributed by atoms with Crippen LogP contribution >= 0.6 is 23.5 Å². The van der Waals surface area contributed by atoms with Crippen LogP contribution in [0.2, 0.25) is 0 Å². The molecule has 8 heavy (non-hydrogen) atoms. The van der Waals surface area contributed by atoms with Crippen molar-refractivity contribution in [3.05, 3.63) is 0 Å². The molecule has 0 fully saturated rings. The molecule has 1 aliphatic heterocycles. The second kappa shape index (κ2) is 3.41. The monoisotopic (exact) mass is 147 g/mol. The van der Waals surface area contributed by atoms with Crippen LogP contribution in [0.15, 0.2) is 4.99 Å². The van der Waals surface area contributed by atoms with E-state index < -0.39 is 0 Å². The molecule has 0 bridgehead atoms. The van der Waals surface area contributed by atoms with E-state index in [0.29, 0.717) is 0 Å². The van der Waals surface area contributed by atoms with Crippen molar-refractivity contribution in [2.24, 2.45) is 4.99 Å². The first-order valence-corrected chi connectivity index (χ1v) is 5.07. The minimum atomic E-state index is 0.996. The maximum atomic E-state index is 4.28. The van der Waals surface area contributed by atoms with Crippen molar-refractivity contribution in [2.45, 2.75) is 0 Å². The van der Waals surface area contributed by atoms with Gasteiger partial charge in [0.05, 0.1) is 5.88 Å². The highest BCUT2D eigenvalue weighted by Crippen LogP contribution is 2.11. The third-order valence-corrected chi connectivity index (χ3v) is 2.43. The summed E-state index contributed by atoms with van der Waals surface area (Å²) in [5.41, 5.74) is 1.38. The fraction of sp³-hybridized carbons (Fsp3) is 0.800. The number of aliphatic imine (C=N–C) groups is 1. The van der Waals surface area contributed by atoms with Crippen LogP contribution in [0, 0.1) is 0 Å². The first kappa shape index (κ1) is 6.49. The topological polar surface area (TPSA) is 12.4 Å². The third-order valence-electron chi connectivity index (χ3n) is 0.959. The highest BCUT2D eigenvalue weighted by atomic mass is 32.2. The SMILES string of the molecule is CSCC1=NCSC1. The van der Waals surface area contributed by atoms with Gasteiger partial charge in [-0.2, -0.15) is 11.8 Å². The summed E-state index contributed by atoms with van der Waals surface area (Å²) in [7, 11) is 0. The molecule has 0 radical (unpaired) electrons. The van der Waals surface area contributed by atoms with Gasteiger partial charge in [0.1, 0.15) is 0 Å². The van der Waals surface area contributed by atoms with E-state index in [9.17, 15) is 0 Å². The van der Waals surface area contributed by atoms with Gasteiger partial charge in [-0.05, 0) is 6.26 Å². The van der Waals surface area contributed by atoms with Gasteiger partial charge in [-0.25, -0.2) is 0 Å². The van der Waals surface area contributed by atoms with Crippen LogP contribution in [0.5, 0.6) is 0 Å². The smallest absolute Gasteiger partial charge is 0.0847 e. The maximum absolute atomic E-state index is 4.28. The van der Waals surface area contributed by atoms with E-state index in [4.69, 9.17) is 0 Å². The summed E-state index contributed by atoms with van der Waals surface area (Å²) in [5, 5.41) is 0. The van der Waals surface area contributed by atoms with E-state index >= 15 is 0 Å². The van der Waals surface area contributed by atoms with Crippen molar-refractivity contribution in [3.63, 3.8) is 0 Å². The van der Waals surface area contributed by atoms with Gasteiger partial charge in [0.25, 0.3) is 0 Å². The molecule has 0 unspecified atom stereocenters. The van der Waals surface area contributed by atoms with Gasteiger partial charge < -0.3 is 0 Å². The minimum absolute atomic E-state index is 0.996. The first-order valence-electron chi connectivity index (χ1n) is 2.52. The molecule has 1 nitrogen and oxygen atoms in total. The Hall–Kier alpha value is 0.370. The fourth-order valence-corrected chi connectivity index (χ4v) is 2.05. The standard InChI is InChI=1S/C5H9NS2/c1-7-2-5-3-8-4-6-5/h2-4H2,1H3. The maximum Gasteiger partial charge on any atom is 0.0847 e. The molecule has 3 heteroatoms. The van der Waals surface area contributed by atoms with Crippen LogP contribution in [0.4, 0.5) is 0 Å². The van der Waals surface area contributed by atoms with Gasteiger partial charge in [-0.1, -0.05) is 0 Å². The Morgan fingerprint density at radius 3 is 3.25 bits per heavy atom. The molecule has 1 aliphatic rings. The molecule has 0 N–H and O–H groups in total. The Labute approximate surface area is 58.3 Å². The number of hydrogen-bond acceptors (Lipinski definition) is 3. The minimum Gasteiger partial charge on any atom is -0.282 e. The lowest BCUT2D eigenvalue weighted by atomic mass is 10.5. The van der Waals surface area contributed by atoms with Crippen LogP contribution in [0.3, 0.4) is 0 Å². The van der Waals surface area contributed by atoms with Crippen molar-refractivity contribution in [1.29, 1.82) is 0 Å². The largest absolute Gasteiger partial charge is 0.282 e. The van der Waals surface area contributed by atoms with Crippen LogP contribution < -0.4 is 0 Å². The molecule has 1 rings (SSSR count). The average molecular weight is 147 g/mol. The van der Waals surface area contributed by atoms with Crippen molar-refractivity contribution < 1.29 is 0 Å². The molecule has 0 aromatic rings. The van der Waals surface area contributed by atoms with E-state index in [0.717, 1.165) is 11.6 Å². The second-order valence-corrected chi connectivity index (χ2v) is 3.46. The zero-order chi connectivity index (χ0) is 5.82. The van der Waals surface area contributed by atoms with Gasteiger partial charge in [0.2, 0.25) is 0 Å². The Morgan fingerprint density at radius 2 is 2.75 bits per heavy atom. The normalized spacial score (nSPS) is 18.9. The molecular weight excluding hydrogens is 138 g/mol. The van der Waals surface area contributed by atoms with Crippen LogP contribution in [0.25, 0.3) is 0 Å². The van der Waals surface area contributed by atoms with Crippen LogP contribution in [-0.4, -0.2) is 29.3 Å². The van der Waals surface area contributed by atoms with Gasteiger partial charge in [0, 0.05) is 17.2 Å². The molecule has 0 saturated carbocycles. The predicted molar refractivity (Wildman–Crippen MR) is 43.1 cm³/mol. The van der Waals surface area contributed by atoms with E-state index in [1.54, 1.807) is 0 Å². The summed E-state index contributed by atoms with van der Waals surface area (Å²) in [6.07, 6.45) is 2.12. The van der Waals surface area contributed by atoms with Crippen molar-refractivity contribution in [1.82, 2.24) is 0 Å². The lowest BCUT2D eigenvalue weighted by Gasteiger charge is -1.90. The number of nitrogens with zero attached hydrogens (tertiary/aromatic N) is 1. The summed E-state index contributed by atoms with van der Waals surface area (Å²) in [4.78, 5) is 4.28. The van der Waals surface area contributed by atoms with Crippen molar-refractivity contribution >= 4 is 29.2 Å². The summed E-state index contributed by atoms with van der Waals surface area (Å²) in [6.45, 7) is 0. The number of thioether (sulfide) groups is 2. The van der Waals surface area contributed by atoms with E-state index in [1.807, 2.05) is 23.5 Å². The van der Waals surface area contributed by atoms with Crippen LogP contribution in [0.1, 0.15) is 0 Å². The first-order chi connectivity index (χ1) is 3.93. The fourth-order valence-electron chi connectivity index (χ4n) is 0.600. The summed E-state index contributed by atoms with van der Waals surface area (Å²) >= 11 is 3.76. The zero-order valence-electron chi connectivity index (χ0n) is 4.89. The van der Waals surface area contributed by atoms with E-state index in [-0.39, 0.29) is 0 Å². The van der Waals surface area contributed by atoms with Gasteiger partial charge >= 0.3 is 0 Å². The summed E-state index contributed by atoms with van der Waals surface area (Å²) in [5.74, 6) is 3.30. The predicted octanol–water partition coefficient (Wildman–Crippen LogP) is 1.49. The van der Waals surface area contributed by atoms with Gasteiger partial charge in [0.15, 0.2) is 0 Å². The second-order valence-electron chi connectivity index (χ2n) is 1.63. The average Bonchev–Trinajstić information content (AvgIpc) is 2.19. The molecule has 46 valence electrons. The van der Waals surface area contributed by atoms with E-state index in [2.05, 4.69) is 11.2 Å². The molecular formula is C5H9NS2. The molecule has 0 amide bonds. The Kier molecular flexibility index (Phi) is 2.76. The van der Waals surface area contributed by atoms with Crippen molar-refractivity contribution in [2.75, 3.05) is 23.6 Å². The molecule has 0 spiro atoms. The Balaban J connectivity index is 2.23. The third kappa shape index (κ3) is 1.71. The molecule has 0 aromatic heterocycles. The Morgan fingerprint density at radius 1 is 1.88 bits per heavy atom. The zero-order valence-corrected chi connectivity index (χ0v) is 6.52. The Bertz CT molecular complexity index is 101. The lowest BCUT2D eigenvalue weighted by molar-refractivity contribution is 1.39. The number of rotatable bonds is 2. The molecule has 0 atom stereocenters. The van der Waals surface area contributed by atoms with Crippen LogP contribution in [-0.2, 0) is 0 Å². The molecule has 0 aliphatic carbocycles. The lowest BCUT2D eigenvalue weighted by Crippen LogP contribution is -1.99. The highest BCUT2D eigenvalue weighted by Gasteiger charge is 2.03. The number of hydrogen-bond donors (Lipinski definition) is 0. The van der Waals surface area contributed by atoms with Crippen molar-refractivity contribution in [3.8, 4) is 0 Å². The molecule has 0 aromatic carbocycles. The van der Waals surface area contributed by atoms with Gasteiger partial charge in [-0.15, -0.1) is 11.8 Å². The van der Waals surface area contributed by atoms with E-state index in [1.165, 1.54) is 11.5 Å².